The Morgan fingerprint density at radius 1 is 0.889 bits per heavy atom. The van der Waals surface area contributed by atoms with E-state index in [2.05, 4.69) is 52.0 Å². The summed E-state index contributed by atoms with van der Waals surface area (Å²) in [5.74, 6) is 0.778. The quantitative estimate of drug-likeness (QED) is 0.646. The molecule has 0 saturated carbocycles. The van der Waals surface area contributed by atoms with Gasteiger partial charge >= 0.3 is 7.12 Å². The van der Waals surface area contributed by atoms with Gasteiger partial charge in [-0.1, -0.05) is 43.3 Å². The van der Waals surface area contributed by atoms with Crippen LogP contribution in [0, 0.1) is 0 Å². The summed E-state index contributed by atoms with van der Waals surface area (Å²) in [6.45, 7) is 10.2. The van der Waals surface area contributed by atoms with Crippen LogP contribution in [0.4, 0.5) is 5.69 Å². The molecule has 1 aliphatic heterocycles. The first kappa shape index (κ1) is 21.7. The van der Waals surface area contributed by atoms with Gasteiger partial charge in [0.25, 0.3) is 0 Å². The summed E-state index contributed by atoms with van der Waals surface area (Å²) in [4.78, 5) is 0. The zero-order valence-corrected chi connectivity index (χ0v) is 17.9. The Labute approximate surface area is 166 Å². The van der Waals surface area contributed by atoms with E-state index in [0.29, 0.717) is 0 Å². The molecule has 6 heteroatoms. The molecule has 2 N–H and O–H groups in total. The molecular formula is C21H30BNO3S. The van der Waals surface area contributed by atoms with Crippen LogP contribution in [-0.2, 0) is 20.1 Å². The van der Waals surface area contributed by atoms with Crippen molar-refractivity contribution in [3.05, 3.63) is 48.5 Å². The van der Waals surface area contributed by atoms with Gasteiger partial charge in [-0.15, -0.1) is 0 Å². The molecule has 146 valence electrons. The highest BCUT2D eigenvalue weighted by Gasteiger charge is 2.51. The summed E-state index contributed by atoms with van der Waals surface area (Å²) in [7, 11) is -0.887. The van der Waals surface area contributed by atoms with Gasteiger partial charge in [-0.2, -0.15) is 0 Å². The molecule has 0 aromatic heterocycles. The molecule has 1 saturated heterocycles. The Morgan fingerprint density at radius 3 is 1.63 bits per heavy atom. The lowest BCUT2D eigenvalue weighted by molar-refractivity contribution is 0.00578. The zero-order valence-electron chi connectivity index (χ0n) is 17.1. The smallest absolute Gasteiger partial charge is 0.399 e. The summed E-state index contributed by atoms with van der Waals surface area (Å²) >= 11 is 0. The fourth-order valence-electron chi connectivity index (χ4n) is 2.49. The van der Waals surface area contributed by atoms with Crippen LogP contribution < -0.4 is 11.2 Å². The Balaban J connectivity index is 0.000000465. The molecule has 0 spiro atoms. The van der Waals surface area contributed by atoms with Gasteiger partial charge in [0.2, 0.25) is 0 Å². The highest BCUT2D eigenvalue weighted by Crippen LogP contribution is 2.36. The SMILES string of the molecule is CC1(C)OB(c2ccc(-c3ccc(N)cc3)cc2)OC1(C)C.CCS(C)=O. The van der Waals surface area contributed by atoms with Gasteiger partial charge in [-0.3, -0.25) is 4.21 Å². The van der Waals surface area contributed by atoms with Crippen molar-refractivity contribution < 1.29 is 13.5 Å². The van der Waals surface area contributed by atoms with Crippen molar-refractivity contribution in [3.8, 4) is 11.1 Å². The number of benzene rings is 2. The van der Waals surface area contributed by atoms with Crippen LogP contribution in [0.3, 0.4) is 0 Å². The van der Waals surface area contributed by atoms with E-state index in [1.807, 2.05) is 31.2 Å². The molecule has 1 unspecified atom stereocenters. The molecule has 0 bridgehead atoms. The third-order valence-electron chi connectivity index (χ3n) is 5.09. The lowest BCUT2D eigenvalue weighted by atomic mass is 9.78. The van der Waals surface area contributed by atoms with Crippen molar-refractivity contribution in [2.75, 3.05) is 17.7 Å². The van der Waals surface area contributed by atoms with Crippen molar-refractivity contribution in [1.29, 1.82) is 0 Å². The fraction of sp³-hybridized carbons (Fsp3) is 0.429. The third-order valence-corrected chi connectivity index (χ3v) is 5.90. The van der Waals surface area contributed by atoms with E-state index in [0.717, 1.165) is 28.0 Å². The van der Waals surface area contributed by atoms with Crippen LogP contribution in [-0.4, -0.2) is 34.5 Å². The van der Waals surface area contributed by atoms with Crippen molar-refractivity contribution in [1.82, 2.24) is 0 Å². The molecule has 1 aliphatic rings. The monoisotopic (exact) mass is 387 g/mol. The second-order valence-electron chi connectivity index (χ2n) is 7.69. The van der Waals surface area contributed by atoms with Crippen LogP contribution in [0.2, 0.25) is 0 Å². The maximum absolute atomic E-state index is 9.92. The van der Waals surface area contributed by atoms with Gasteiger partial charge in [0.1, 0.15) is 0 Å². The fourth-order valence-corrected chi connectivity index (χ4v) is 2.49. The molecule has 4 nitrogen and oxygen atoms in total. The average Bonchev–Trinajstić information content (AvgIpc) is 2.84. The molecule has 27 heavy (non-hydrogen) atoms. The topological polar surface area (TPSA) is 61.6 Å². The van der Waals surface area contributed by atoms with Gasteiger partial charge in [-0.05, 0) is 56.4 Å². The molecular weight excluding hydrogens is 357 g/mol. The van der Waals surface area contributed by atoms with Gasteiger partial charge in [0, 0.05) is 28.5 Å². The highest BCUT2D eigenvalue weighted by atomic mass is 32.2. The highest BCUT2D eigenvalue weighted by molar-refractivity contribution is 7.84. The van der Waals surface area contributed by atoms with Gasteiger partial charge in [0.05, 0.1) is 11.2 Å². The van der Waals surface area contributed by atoms with E-state index < -0.39 is 10.8 Å². The molecule has 0 radical (unpaired) electrons. The molecule has 3 rings (SSSR count). The van der Waals surface area contributed by atoms with Crippen LogP contribution >= 0.6 is 0 Å². The summed E-state index contributed by atoms with van der Waals surface area (Å²) in [6.07, 6.45) is 1.69. The number of nitrogens with two attached hydrogens (primary N) is 1. The number of hydrogen-bond acceptors (Lipinski definition) is 4. The number of nitrogen functional groups attached to an aromatic ring is 1. The molecule has 1 heterocycles. The normalized spacial score (nSPS) is 18.5. The van der Waals surface area contributed by atoms with E-state index in [1.54, 1.807) is 6.26 Å². The van der Waals surface area contributed by atoms with Gasteiger partial charge in [-0.25, -0.2) is 0 Å². The average molecular weight is 387 g/mol. The second kappa shape index (κ2) is 8.59. The summed E-state index contributed by atoms with van der Waals surface area (Å²) in [5.41, 5.74) is 9.22. The predicted molar refractivity (Wildman–Crippen MR) is 117 cm³/mol. The second-order valence-corrected chi connectivity index (χ2v) is 9.42. The van der Waals surface area contributed by atoms with E-state index in [-0.39, 0.29) is 18.3 Å². The first-order valence-electron chi connectivity index (χ1n) is 9.17. The van der Waals surface area contributed by atoms with Crippen LogP contribution in [0.25, 0.3) is 11.1 Å². The molecule has 2 aromatic carbocycles. The minimum Gasteiger partial charge on any atom is -0.399 e. The zero-order chi connectivity index (χ0) is 20.2. The first-order chi connectivity index (χ1) is 12.6. The van der Waals surface area contributed by atoms with Crippen LogP contribution in [0.15, 0.2) is 48.5 Å². The summed E-state index contributed by atoms with van der Waals surface area (Å²) in [6, 6.07) is 16.2. The van der Waals surface area contributed by atoms with E-state index in [9.17, 15) is 4.21 Å². The van der Waals surface area contributed by atoms with Crippen molar-refractivity contribution in [3.63, 3.8) is 0 Å². The maximum atomic E-state index is 9.92. The van der Waals surface area contributed by atoms with Crippen molar-refractivity contribution in [2.45, 2.75) is 45.8 Å². The lowest BCUT2D eigenvalue weighted by Gasteiger charge is -2.32. The van der Waals surface area contributed by atoms with E-state index in [4.69, 9.17) is 15.0 Å². The lowest BCUT2D eigenvalue weighted by Crippen LogP contribution is -2.41. The number of hydrogen-bond donors (Lipinski definition) is 1. The van der Waals surface area contributed by atoms with Gasteiger partial charge < -0.3 is 15.0 Å². The maximum Gasteiger partial charge on any atom is 0.494 e. The molecule has 1 atom stereocenters. The van der Waals surface area contributed by atoms with Gasteiger partial charge in [0.15, 0.2) is 0 Å². The summed E-state index contributed by atoms with van der Waals surface area (Å²) in [5, 5.41) is 0. The Morgan fingerprint density at radius 2 is 1.26 bits per heavy atom. The van der Waals surface area contributed by atoms with Crippen LogP contribution in [0.1, 0.15) is 34.6 Å². The minimum atomic E-state index is -0.573. The predicted octanol–water partition coefficient (Wildman–Crippen LogP) is 3.62. The van der Waals surface area contributed by atoms with Crippen molar-refractivity contribution in [2.24, 2.45) is 0 Å². The number of anilines is 1. The van der Waals surface area contributed by atoms with E-state index in [1.165, 1.54) is 0 Å². The standard InChI is InChI=1S/C18H22BNO2.C3H8OS/c1-17(2)18(3,4)22-19(21-17)15-9-5-13(6-10-15)14-7-11-16(20)12-8-14;1-3-5(2)4/h5-12H,20H2,1-4H3;3H2,1-2H3. The summed E-state index contributed by atoms with van der Waals surface area (Å²) < 4.78 is 22.1. The first-order valence-corrected chi connectivity index (χ1v) is 10.9. The molecule has 2 aromatic rings. The molecule has 0 amide bonds. The molecule has 1 fully saturated rings. The third kappa shape index (κ3) is 5.44. The number of rotatable bonds is 3. The van der Waals surface area contributed by atoms with E-state index >= 15 is 0 Å². The Bertz CT molecular complexity index is 757. The largest absolute Gasteiger partial charge is 0.494 e. The Kier molecular flexibility index (Phi) is 6.90. The minimum absolute atomic E-state index is 0.312. The molecule has 0 aliphatic carbocycles. The van der Waals surface area contributed by atoms with Crippen molar-refractivity contribution >= 4 is 29.1 Å². The van der Waals surface area contributed by atoms with Crippen LogP contribution in [0.5, 0.6) is 0 Å². The Hall–Kier alpha value is -1.63.